The Hall–Kier alpha value is -1.95. The first-order valence-corrected chi connectivity index (χ1v) is 5.03. The maximum absolute atomic E-state index is 11.7. The fourth-order valence-electron chi connectivity index (χ4n) is 1.25. The number of nitrogens with zero attached hydrogens (tertiary/aromatic N) is 1. The predicted octanol–water partition coefficient (Wildman–Crippen LogP) is 0.544. The van der Waals surface area contributed by atoms with E-state index in [-0.39, 0.29) is 17.6 Å². The van der Waals surface area contributed by atoms with Crippen LogP contribution in [0.1, 0.15) is 27.8 Å². The van der Waals surface area contributed by atoms with Crippen LogP contribution >= 0.6 is 0 Å². The Kier molecular flexibility index (Phi) is 4.59. The van der Waals surface area contributed by atoms with Gasteiger partial charge in [0.05, 0.1) is 12.2 Å². The molecule has 0 aromatic carbocycles. The van der Waals surface area contributed by atoms with E-state index in [2.05, 4.69) is 10.3 Å². The number of carboxylic acids is 1. The molecule has 1 amide bonds. The molecule has 1 heterocycles. The van der Waals surface area contributed by atoms with Crippen molar-refractivity contribution in [1.82, 2.24) is 10.3 Å². The van der Waals surface area contributed by atoms with Gasteiger partial charge in [-0.1, -0.05) is 0 Å². The van der Waals surface area contributed by atoms with Gasteiger partial charge in [-0.3, -0.25) is 4.79 Å². The van der Waals surface area contributed by atoms with Crippen molar-refractivity contribution in [2.24, 2.45) is 0 Å². The van der Waals surface area contributed by atoms with Crippen LogP contribution in [0.2, 0.25) is 0 Å². The largest absolute Gasteiger partial charge is 0.477 e. The molecule has 0 spiro atoms. The maximum Gasteiger partial charge on any atom is 0.354 e. The monoisotopic (exact) mass is 238 g/mol. The molecule has 0 fully saturated rings. The zero-order chi connectivity index (χ0) is 12.8. The lowest BCUT2D eigenvalue weighted by molar-refractivity contribution is 0.0689. The van der Waals surface area contributed by atoms with E-state index < -0.39 is 5.97 Å². The third kappa shape index (κ3) is 3.84. The number of ether oxygens (including phenoxy) is 1. The number of carbonyl (C=O) groups excluding carboxylic acids is 1. The van der Waals surface area contributed by atoms with Gasteiger partial charge in [-0.05, 0) is 19.1 Å². The van der Waals surface area contributed by atoms with Gasteiger partial charge in [0.25, 0.3) is 5.91 Å². The van der Waals surface area contributed by atoms with Crippen LogP contribution in [0.3, 0.4) is 0 Å². The molecule has 0 bridgehead atoms. The third-order valence-corrected chi connectivity index (χ3v) is 2.04. The van der Waals surface area contributed by atoms with E-state index in [0.717, 1.165) is 0 Å². The van der Waals surface area contributed by atoms with Crippen molar-refractivity contribution in [2.75, 3.05) is 13.7 Å². The Morgan fingerprint density at radius 2 is 2.24 bits per heavy atom. The molecule has 1 aromatic heterocycles. The number of pyridine rings is 1. The normalized spacial score (nSPS) is 11.9. The summed E-state index contributed by atoms with van der Waals surface area (Å²) in [6.45, 7) is 2.22. The molecule has 0 radical (unpaired) electrons. The first-order valence-electron chi connectivity index (χ1n) is 5.03. The Bertz CT molecular complexity index is 402. The van der Waals surface area contributed by atoms with Crippen molar-refractivity contribution >= 4 is 11.9 Å². The molecule has 1 atom stereocenters. The Morgan fingerprint density at radius 1 is 1.53 bits per heavy atom. The summed E-state index contributed by atoms with van der Waals surface area (Å²) in [5, 5.41) is 11.3. The first-order chi connectivity index (χ1) is 8.04. The third-order valence-electron chi connectivity index (χ3n) is 2.04. The minimum absolute atomic E-state index is 0.0912. The number of carbonyl (C=O) groups is 2. The molecule has 6 nitrogen and oxygen atoms in total. The zero-order valence-electron chi connectivity index (χ0n) is 9.64. The molecule has 2 N–H and O–H groups in total. The topological polar surface area (TPSA) is 88.5 Å². The lowest BCUT2D eigenvalue weighted by Crippen LogP contribution is -2.35. The molecule has 17 heavy (non-hydrogen) atoms. The van der Waals surface area contributed by atoms with Crippen LogP contribution in [-0.4, -0.2) is 41.7 Å². The lowest BCUT2D eigenvalue weighted by Gasteiger charge is -2.12. The molecule has 6 heteroatoms. The molecule has 0 aliphatic rings. The fraction of sp³-hybridized carbons (Fsp3) is 0.364. The summed E-state index contributed by atoms with van der Waals surface area (Å²) in [6, 6.07) is 2.59. The number of methoxy groups -OCH3 is 1. The second-order valence-electron chi connectivity index (χ2n) is 3.57. The summed E-state index contributed by atoms with van der Waals surface area (Å²) in [4.78, 5) is 25.9. The van der Waals surface area contributed by atoms with Crippen LogP contribution in [0.4, 0.5) is 0 Å². The highest BCUT2D eigenvalue weighted by molar-refractivity contribution is 5.95. The first kappa shape index (κ1) is 13.1. The van der Waals surface area contributed by atoms with Crippen molar-refractivity contribution in [3.63, 3.8) is 0 Å². The van der Waals surface area contributed by atoms with E-state index in [9.17, 15) is 9.59 Å². The van der Waals surface area contributed by atoms with Crippen LogP contribution in [-0.2, 0) is 4.74 Å². The summed E-state index contributed by atoms with van der Waals surface area (Å²) >= 11 is 0. The number of hydrogen-bond acceptors (Lipinski definition) is 4. The van der Waals surface area contributed by atoms with Crippen molar-refractivity contribution < 1.29 is 19.4 Å². The van der Waals surface area contributed by atoms with Crippen LogP contribution in [0.25, 0.3) is 0 Å². The van der Waals surface area contributed by atoms with Gasteiger partial charge in [0.2, 0.25) is 0 Å². The lowest BCUT2D eigenvalue weighted by atomic mass is 10.2. The number of aromatic carboxylic acids is 1. The molecule has 0 aliphatic carbocycles. The van der Waals surface area contributed by atoms with Crippen molar-refractivity contribution in [1.29, 1.82) is 0 Å². The quantitative estimate of drug-likeness (QED) is 0.781. The number of rotatable bonds is 5. The summed E-state index contributed by atoms with van der Waals surface area (Å²) in [7, 11) is 1.55. The molecular weight excluding hydrogens is 224 g/mol. The molecule has 0 saturated carbocycles. The zero-order valence-corrected chi connectivity index (χ0v) is 9.64. The second kappa shape index (κ2) is 5.95. The van der Waals surface area contributed by atoms with Gasteiger partial charge >= 0.3 is 5.97 Å². The number of amides is 1. The van der Waals surface area contributed by atoms with Crippen molar-refractivity contribution in [2.45, 2.75) is 13.0 Å². The number of aromatic nitrogens is 1. The summed E-state index contributed by atoms with van der Waals surface area (Å²) in [5.41, 5.74) is 0.226. The number of nitrogens with one attached hydrogen (secondary N) is 1. The average Bonchev–Trinajstić information content (AvgIpc) is 2.29. The second-order valence-corrected chi connectivity index (χ2v) is 3.57. The Labute approximate surface area is 98.6 Å². The SMILES string of the molecule is COCC(C)NC(=O)c1ccc(C(=O)O)nc1. The highest BCUT2D eigenvalue weighted by Gasteiger charge is 2.11. The van der Waals surface area contributed by atoms with Crippen LogP contribution in [0.15, 0.2) is 18.3 Å². The molecule has 0 saturated heterocycles. The summed E-state index contributed by atoms with van der Waals surface area (Å²) < 4.78 is 4.88. The number of carboxylic acid groups (broad SMARTS) is 1. The maximum atomic E-state index is 11.7. The van der Waals surface area contributed by atoms with E-state index >= 15 is 0 Å². The number of hydrogen-bond donors (Lipinski definition) is 2. The molecule has 1 aromatic rings. The minimum Gasteiger partial charge on any atom is -0.477 e. The van der Waals surface area contributed by atoms with Crippen molar-refractivity contribution in [3.05, 3.63) is 29.6 Å². The van der Waals surface area contributed by atoms with Gasteiger partial charge < -0.3 is 15.2 Å². The molecule has 1 rings (SSSR count). The standard InChI is InChI=1S/C11H14N2O4/c1-7(6-17-2)13-10(14)8-3-4-9(11(15)16)12-5-8/h3-5,7H,6H2,1-2H3,(H,13,14)(H,15,16). The highest BCUT2D eigenvalue weighted by atomic mass is 16.5. The van der Waals surface area contributed by atoms with Crippen LogP contribution < -0.4 is 5.32 Å². The minimum atomic E-state index is -1.12. The smallest absolute Gasteiger partial charge is 0.354 e. The Balaban J connectivity index is 2.66. The fourth-order valence-corrected chi connectivity index (χ4v) is 1.25. The highest BCUT2D eigenvalue weighted by Crippen LogP contribution is 2.01. The van der Waals surface area contributed by atoms with Gasteiger partial charge in [-0.25, -0.2) is 9.78 Å². The van der Waals surface area contributed by atoms with Gasteiger partial charge in [-0.15, -0.1) is 0 Å². The van der Waals surface area contributed by atoms with Gasteiger partial charge in [-0.2, -0.15) is 0 Å². The average molecular weight is 238 g/mol. The molecular formula is C11H14N2O4. The van der Waals surface area contributed by atoms with E-state index in [1.54, 1.807) is 14.0 Å². The van der Waals surface area contributed by atoms with Crippen LogP contribution in [0.5, 0.6) is 0 Å². The molecule has 92 valence electrons. The van der Waals surface area contributed by atoms with Crippen molar-refractivity contribution in [3.8, 4) is 0 Å². The molecule has 1 unspecified atom stereocenters. The van der Waals surface area contributed by atoms with Crippen LogP contribution in [0, 0.1) is 0 Å². The Morgan fingerprint density at radius 3 is 2.71 bits per heavy atom. The van der Waals surface area contributed by atoms with E-state index in [1.807, 2.05) is 0 Å². The summed E-state index contributed by atoms with van der Waals surface area (Å²) in [6.07, 6.45) is 1.23. The predicted molar refractivity (Wildman–Crippen MR) is 60.0 cm³/mol. The van der Waals surface area contributed by atoms with E-state index in [1.165, 1.54) is 18.3 Å². The summed E-state index contributed by atoms with van der Waals surface area (Å²) in [5.74, 6) is -1.43. The van der Waals surface area contributed by atoms with Gasteiger partial charge in [0.1, 0.15) is 5.69 Å². The van der Waals surface area contributed by atoms with Gasteiger partial charge in [0, 0.05) is 19.3 Å². The van der Waals surface area contributed by atoms with E-state index in [0.29, 0.717) is 12.2 Å². The molecule has 0 aliphatic heterocycles. The van der Waals surface area contributed by atoms with E-state index in [4.69, 9.17) is 9.84 Å². The van der Waals surface area contributed by atoms with Gasteiger partial charge in [0.15, 0.2) is 0 Å².